The van der Waals surface area contributed by atoms with E-state index in [-0.39, 0.29) is 5.91 Å². The van der Waals surface area contributed by atoms with Gasteiger partial charge in [-0.05, 0) is 20.8 Å². The van der Waals surface area contributed by atoms with Gasteiger partial charge in [0.25, 0.3) is 0 Å². The highest BCUT2D eigenvalue weighted by Gasteiger charge is 2.38. The van der Waals surface area contributed by atoms with E-state index in [1.165, 1.54) is 6.92 Å². The second kappa shape index (κ2) is 6.31. The van der Waals surface area contributed by atoms with Crippen molar-refractivity contribution >= 4 is 11.9 Å². The van der Waals surface area contributed by atoms with Gasteiger partial charge >= 0.3 is 5.97 Å². The van der Waals surface area contributed by atoms with Crippen molar-refractivity contribution in [3.05, 3.63) is 0 Å². The monoisotopic (exact) mass is 273 g/mol. The first-order valence-electron chi connectivity index (χ1n) is 6.44. The van der Waals surface area contributed by atoms with Crippen LogP contribution in [0, 0.1) is 0 Å². The summed E-state index contributed by atoms with van der Waals surface area (Å²) in [4.78, 5) is 25.2. The number of nitrogens with one attached hydrogen (secondary N) is 2. The zero-order chi connectivity index (χ0) is 14.6. The third kappa shape index (κ3) is 3.89. The molecule has 4 N–H and O–H groups in total. The Morgan fingerprint density at radius 1 is 1.32 bits per heavy atom. The molecular weight excluding hydrogens is 250 g/mol. The molecule has 0 aliphatic carbocycles. The minimum absolute atomic E-state index is 0.386. The van der Waals surface area contributed by atoms with Crippen molar-refractivity contribution < 1.29 is 19.8 Å². The van der Waals surface area contributed by atoms with E-state index < -0.39 is 23.7 Å². The Labute approximate surface area is 113 Å². The van der Waals surface area contributed by atoms with Crippen molar-refractivity contribution in [1.82, 2.24) is 15.5 Å². The number of nitrogens with zero attached hydrogens (tertiary/aromatic N) is 1. The molecule has 7 heteroatoms. The number of rotatable bonds is 5. The molecule has 19 heavy (non-hydrogen) atoms. The van der Waals surface area contributed by atoms with E-state index in [1.54, 1.807) is 13.8 Å². The van der Waals surface area contributed by atoms with Gasteiger partial charge < -0.3 is 20.8 Å². The molecule has 0 aromatic rings. The topological polar surface area (TPSA) is 102 Å². The quantitative estimate of drug-likeness (QED) is 0.492. The number of hydrogen-bond donors (Lipinski definition) is 4. The van der Waals surface area contributed by atoms with Crippen LogP contribution in [0.2, 0.25) is 0 Å². The average molecular weight is 273 g/mol. The first-order valence-corrected chi connectivity index (χ1v) is 6.44. The van der Waals surface area contributed by atoms with Gasteiger partial charge in [-0.3, -0.25) is 9.69 Å². The summed E-state index contributed by atoms with van der Waals surface area (Å²) in [5.74, 6) is -1.62. The van der Waals surface area contributed by atoms with Gasteiger partial charge in [-0.1, -0.05) is 0 Å². The Hall–Kier alpha value is -1.18. The number of carboxylic acid groups (broad SMARTS) is 1. The lowest BCUT2D eigenvalue weighted by Crippen LogP contribution is -2.62. The third-order valence-electron chi connectivity index (χ3n) is 3.50. The summed E-state index contributed by atoms with van der Waals surface area (Å²) >= 11 is 0. The number of piperazine rings is 1. The number of carbonyl (C=O) groups excluding carboxylic acids is 1. The summed E-state index contributed by atoms with van der Waals surface area (Å²) < 4.78 is 0. The molecule has 0 bridgehead atoms. The molecule has 0 radical (unpaired) electrons. The zero-order valence-corrected chi connectivity index (χ0v) is 11.6. The fraction of sp³-hybridized carbons (Fsp3) is 0.833. The van der Waals surface area contributed by atoms with Gasteiger partial charge in [-0.15, -0.1) is 0 Å². The maximum absolute atomic E-state index is 12.2. The van der Waals surface area contributed by atoms with Crippen molar-refractivity contribution in [3.63, 3.8) is 0 Å². The molecule has 2 unspecified atom stereocenters. The fourth-order valence-corrected chi connectivity index (χ4v) is 2.07. The standard InChI is InChI=1S/C12H23N3O4/c1-8(16)9(10(17)18)14-11(19)12(2,3)15-6-4-13-5-7-15/h8-9,13,16H,4-7H2,1-3H3,(H,14,19)(H,17,18). The van der Waals surface area contributed by atoms with Crippen LogP contribution in [0.3, 0.4) is 0 Å². The smallest absolute Gasteiger partial charge is 0.328 e. The van der Waals surface area contributed by atoms with E-state index in [2.05, 4.69) is 10.6 Å². The first-order chi connectivity index (χ1) is 8.76. The lowest BCUT2D eigenvalue weighted by Gasteiger charge is -2.40. The highest BCUT2D eigenvalue weighted by Crippen LogP contribution is 2.15. The number of aliphatic carboxylic acids is 1. The predicted molar refractivity (Wildman–Crippen MR) is 69.8 cm³/mol. The Morgan fingerprint density at radius 3 is 2.26 bits per heavy atom. The van der Waals surface area contributed by atoms with Crippen LogP contribution in [0.15, 0.2) is 0 Å². The van der Waals surface area contributed by atoms with Crippen LogP contribution in [0.1, 0.15) is 20.8 Å². The molecule has 7 nitrogen and oxygen atoms in total. The normalized spacial score (nSPS) is 20.6. The Morgan fingerprint density at radius 2 is 1.84 bits per heavy atom. The van der Waals surface area contributed by atoms with Crippen molar-refractivity contribution in [1.29, 1.82) is 0 Å². The summed E-state index contributed by atoms with van der Waals surface area (Å²) in [5.41, 5.74) is -0.801. The summed E-state index contributed by atoms with van der Waals surface area (Å²) in [6.07, 6.45) is -1.14. The van der Waals surface area contributed by atoms with Crippen LogP contribution >= 0.6 is 0 Å². The molecule has 1 rings (SSSR count). The van der Waals surface area contributed by atoms with E-state index in [1.807, 2.05) is 4.90 Å². The molecule has 0 aromatic carbocycles. The average Bonchev–Trinajstić information content (AvgIpc) is 2.35. The molecule has 0 saturated carbocycles. The van der Waals surface area contributed by atoms with E-state index in [0.29, 0.717) is 0 Å². The van der Waals surface area contributed by atoms with E-state index in [4.69, 9.17) is 5.11 Å². The van der Waals surface area contributed by atoms with Gasteiger partial charge in [0, 0.05) is 26.2 Å². The zero-order valence-electron chi connectivity index (χ0n) is 11.6. The number of aliphatic hydroxyl groups excluding tert-OH is 1. The number of amides is 1. The van der Waals surface area contributed by atoms with Crippen LogP contribution in [-0.2, 0) is 9.59 Å². The van der Waals surface area contributed by atoms with Crippen LogP contribution in [0.5, 0.6) is 0 Å². The molecule has 1 fully saturated rings. The van der Waals surface area contributed by atoms with Crippen LogP contribution in [-0.4, -0.2) is 70.9 Å². The first kappa shape index (κ1) is 15.9. The molecule has 1 amide bonds. The predicted octanol–water partition coefficient (Wildman–Crippen LogP) is -1.38. The molecule has 0 spiro atoms. The van der Waals surface area contributed by atoms with Crippen molar-refractivity contribution in [2.24, 2.45) is 0 Å². The number of aliphatic hydroxyl groups is 1. The number of carboxylic acids is 1. The molecule has 0 aromatic heterocycles. The molecule has 1 aliphatic heterocycles. The molecule has 1 heterocycles. The summed E-state index contributed by atoms with van der Waals surface area (Å²) in [5, 5.41) is 24.0. The van der Waals surface area contributed by atoms with E-state index >= 15 is 0 Å². The minimum atomic E-state index is -1.28. The fourth-order valence-electron chi connectivity index (χ4n) is 2.07. The van der Waals surface area contributed by atoms with Gasteiger partial charge in [0.15, 0.2) is 6.04 Å². The van der Waals surface area contributed by atoms with Crippen molar-refractivity contribution in [3.8, 4) is 0 Å². The maximum Gasteiger partial charge on any atom is 0.328 e. The Kier molecular flexibility index (Phi) is 5.28. The molecule has 1 aliphatic rings. The van der Waals surface area contributed by atoms with Crippen LogP contribution < -0.4 is 10.6 Å². The maximum atomic E-state index is 12.2. The van der Waals surface area contributed by atoms with Gasteiger partial charge in [-0.25, -0.2) is 4.79 Å². The van der Waals surface area contributed by atoms with Gasteiger partial charge in [-0.2, -0.15) is 0 Å². The second-order valence-corrected chi connectivity index (χ2v) is 5.33. The highest BCUT2D eigenvalue weighted by atomic mass is 16.4. The third-order valence-corrected chi connectivity index (χ3v) is 3.50. The van der Waals surface area contributed by atoms with Crippen LogP contribution in [0.25, 0.3) is 0 Å². The van der Waals surface area contributed by atoms with Gasteiger partial charge in [0.1, 0.15) is 0 Å². The SMILES string of the molecule is CC(O)C(NC(=O)C(C)(C)N1CCNCC1)C(=O)O. The van der Waals surface area contributed by atoms with Crippen molar-refractivity contribution in [2.45, 2.75) is 38.5 Å². The number of hydrogen-bond acceptors (Lipinski definition) is 5. The Bertz CT molecular complexity index is 338. The second-order valence-electron chi connectivity index (χ2n) is 5.33. The summed E-state index contributed by atoms with van der Waals surface area (Å²) in [6, 6.07) is -1.28. The number of carbonyl (C=O) groups is 2. The van der Waals surface area contributed by atoms with Gasteiger partial charge in [0.05, 0.1) is 11.6 Å². The summed E-state index contributed by atoms with van der Waals surface area (Å²) in [7, 11) is 0. The molecular formula is C12H23N3O4. The minimum Gasteiger partial charge on any atom is -0.480 e. The van der Waals surface area contributed by atoms with E-state index in [0.717, 1.165) is 26.2 Å². The Balaban J connectivity index is 2.71. The van der Waals surface area contributed by atoms with Crippen molar-refractivity contribution in [2.75, 3.05) is 26.2 Å². The summed E-state index contributed by atoms with van der Waals surface area (Å²) in [6.45, 7) is 7.92. The largest absolute Gasteiger partial charge is 0.480 e. The molecule has 1 saturated heterocycles. The van der Waals surface area contributed by atoms with Gasteiger partial charge in [0.2, 0.25) is 5.91 Å². The molecule has 2 atom stereocenters. The lowest BCUT2D eigenvalue weighted by atomic mass is 9.99. The van der Waals surface area contributed by atoms with Crippen LogP contribution in [0.4, 0.5) is 0 Å². The lowest BCUT2D eigenvalue weighted by molar-refractivity contribution is -0.147. The van der Waals surface area contributed by atoms with E-state index in [9.17, 15) is 14.7 Å². The molecule has 110 valence electrons. The highest BCUT2D eigenvalue weighted by molar-refractivity contribution is 5.89.